The number of ether oxygens (including phenoxy) is 2. The van der Waals surface area contributed by atoms with Crippen LogP contribution in [0, 0.1) is 0 Å². The van der Waals surface area contributed by atoms with E-state index in [0.29, 0.717) is 64.5 Å². The quantitative estimate of drug-likeness (QED) is 0.413. The molecule has 0 radical (unpaired) electrons. The van der Waals surface area contributed by atoms with Gasteiger partial charge in [-0.05, 0) is 24.3 Å². The van der Waals surface area contributed by atoms with Crippen molar-refractivity contribution >= 4 is 30.1 Å². The van der Waals surface area contributed by atoms with Crippen LogP contribution in [0.2, 0.25) is 0 Å². The number of nitrogens with zero attached hydrogens (tertiary/aromatic N) is 4. The van der Waals surface area contributed by atoms with E-state index in [4.69, 9.17) is 30.5 Å². The second kappa shape index (κ2) is 10.1. The van der Waals surface area contributed by atoms with Crippen molar-refractivity contribution in [3.8, 4) is 0 Å². The summed E-state index contributed by atoms with van der Waals surface area (Å²) in [7, 11) is -2.69. The van der Waals surface area contributed by atoms with Crippen molar-refractivity contribution in [3.63, 3.8) is 0 Å². The predicted octanol–water partition coefficient (Wildman–Crippen LogP) is 0.779. The van der Waals surface area contributed by atoms with E-state index in [1.165, 1.54) is 0 Å². The van der Waals surface area contributed by atoms with Crippen LogP contribution in [-0.2, 0) is 9.47 Å². The van der Waals surface area contributed by atoms with Gasteiger partial charge in [0.1, 0.15) is 10.6 Å². The highest BCUT2D eigenvalue weighted by molar-refractivity contribution is 7.87. The fourth-order valence-corrected chi connectivity index (χ4v) is 6.51. The zero-order valence-corrected chi connectivity index (χ0v) is 18.5. The minimum Gasteiger partial charge on any atom is -0.378 e. The average molecular weight is 441 g/mol. The zero-order chi connectivity index (χ0) is 21.5. The maximum absolute atomic E-state index is 6.57. The molecule has 0 atom stereocenters. The van der Waals surface area contributed by atoms with E-state index in [-0.39, 0.29) is 0 Å². The molecule has 2 aliphatic rings. The minimum absolute atomic E-state index is 0.475. The summed E-state index contributed by atoms with van der Waals surface area (Å²) in [4.78, 5) is 4.12. The summed E-state index contributed by atoms with van der Waals surface area (Å²) in [5.41, 5.74) is 13.1. The molecule has 9 heteroatoms. The molecule has 0 aromatic heterocycles. The molecule has 2 heterocycles. The number of guanidine groups is 2. The first-order valence-electron chi connectivity index (χ1n) is 10.6. The second-order valence-electron chi connectivity index (χ2n) is 7.39. The first-order valence-corrected chi connectivity index (χ1v) is 12.3. The molecule has 2 aromatic rings. The number of hydrogen-bond acceptors (Lipinski definition) is 4. The molecule has 0 unspecified atom stereocenters. The SMILES string of the molecule is N/C(=N\[P+](/N=C(\N)N1CCOCC1)(c1ccccc1)c1ccccc1)N1CCOCC1. The smallest absolute Gasteiger partial charge is 0.322 e. The van der Waals surface area contributed by atoms with Gasteiger partial charge in [-0.3, -0.25) is 0 Å². The van der Waals surface area contributed by atoms with Crippen LogP contribution in [0.15, 0.2) is 70.2 Å². The maximum atomic E-state index is 6.57. The second-order valence-corrected chi connectivity index (χ2v) is 10.0. The van der Waals surface area contributed by atoms with Gasteiger partial charge in [-0.1, -0.05) is 45.9 Å². The summed E-state index contributed by atoms with van der Waals surface area (Å²) in [6.45, 7) is 5.39. The van der Waals surface area contributed by atoms with Gasteiger partial charge in [0.2, 0.25) is 11.9 Å². The summed E-state index contributed by atoms with van der Waals surface area (Å²) >= 11 is 0. The lowest BCUT2D eigenvalue weighted by Crippen LogP contribution is -2.46. The first-order chi connectivity index (χ1) is 15.2. The van der Waals surface area contributed by atoms with Gasteiger partial charge < -0.3 is 30.7 Å². The average Bonchev–Trinajstić information content (AvgIpc) is 2.85. The third-order valence-corrected chi connectivity index (χ3v) is 8.42. The van der Waals surface area contributed by atoms with Crippen molar-refractivity contribution in [2.45, 2.75) is 0 Å². The van der Waals surface area contributed by atoms with Crippen LogP contribution in [0.4, 0.5) is 0 Å². The van der Waals surface area contributed by atoms with Crippen molar-refractivity contribution < 1.29 is 9.47 Å². The van der Waals surface area contributed by atoms with Crippen LogP contribution < -0.4 is 22.1 Å². The molecule has 164 valence electrons. The van der Waals surface area contributed by atoms with Gasteiger partial charge in [-0.2, -0.15) is 0 Å². The van der Waals surface area contributed by atoms with Gasteiger partial charge in [0.15, 0.2) is 0 Å². The van der Waals surface area contributed by atoms with E-state index in [1.54, 1.807) is 0 Å². The molecule has 8 nitrogen and oxygen atoms in total. The van der Waals surface area contributed by atoms with Crippen molar-refractivity contribution in [1.29, 1.82) is 0 Å². The van der Waals surface area contributed by atoms with Crippen molar-refractivity contribution in [2.75, 3.05) is 52.6 Å². The summed E-state index contributed by atoms with van der Waals surface area (Å²) in [5, 5.41) is 2.02. The Balaban J connectivity index is 1.86. The number of nitrogens with two attached hydrogens (primary N) is 2. The van der Waals surface area contributed by atoms with Crippen LogP contribution in [0.5, 0.6) is 0 Å². The minimum atomic E-state index is -2.69. The Bertz CT molecular complexity index is 821. The largest absolute Gasteiger partial charge is 0.378 e. The molecule has 2 aromatic carbocycles. The van der Waals surface area contributed by atoms with E-state index in [9.17, 15) is 0 Å². The Kier molecular flexibility index (Phi) is 7.02. The van der Waals surface area contributed by atoms with E-state index in [0.717, 1.165) is 10.6 Å². The Morgan fingerprint density at radius 1 is 0.645 bits per heavy atom. The van der Waals surface area contributed by atoms with Crippen molar-refractivity contribution in [1.82, 2.24) is 9.80 Å². The molecule has 0 bridgehead atoms. The van der Waals surface area contributed by atoms with E-state index < -0.39 is 7.56 Å². The van der Waals surface area contributed by atoms with Crippen molar-refractivity contribution in [3.05, 3.63) is 60.7 Å². The molecule has 0 amide bonds. The van der Waals surface area contributed by atoms with Gasteiger partial charge in [0.05, 0.1) is 26.4 Å². The lowest BCUT2D eigenvalue weighted by molar-refractivity contribution is 0.0676. The third-order valence-electron chi connectivity index (χ3n) is 5.40. The summed E-state index contributed by atoms with van der Waals surface area (Å²) < 4.78 is 21.3. The number of rotatable bonds is 4. The third kappa shape index (κ3) is 4.98. The van der Waals surface area contributed by atoms with Crippen LogP contribution in [0.25, 0.3) is 0 Å². The molecule has 0 spiro atoms. The predicted molar refractivity (Wildman–Crippen MR) is 127 cm³/mol. The molecule has 4 rings (SSSR count). The molecule has 31 heavy (non-hydrogen) atoms. The van der Waals surface area contributed by atoms with Gasteiger partial charge in [-0.15, -0.1) is 0 Å². The van der Waals surface area contributed by atoms with Gasteiger partial charge in [-0.25, -0.2) is 0 Å². The summed E-state index contributed by atoms with van der Waals surface area (Å²) in [6.07, 6.45) is 0. The van der Waals surface area contributed by atoms with Gasteiger partial charge in [0.25, 0.3) is 0 Å². The van der Waals surface area contributed by atoms with Crippen LogP contribution in [0.3, 0.4) is 0 Å². The normalized spacial score (nSPS) is 18.8. The molecule has 0 saturated carbocycles. The Labute approximate surface area is 184 Å². The fraction of sp³-hybridized carbons (Fsp3) is 0.364. The number of morpholine rings is 2. The highest BCUT2D eigenvalue weighted by atomic mass is 31.2. The Hall–Kier alpha value is -2.67. The van der Waals surface area contributed by atoms with Gasteiger partial charge >= 0.3 is 7.56 Å². The lowest BCUT2D eigenvalue weighted by atomic mass is 10.4. The van der Waals surface area contributed by atoms with Crippen LogP contribution in [0.1, 0.15) is 0 Å². The summed E-state index contributed by atoms with van der Waals surface area (Å²) in [6, 6.07) is 20.3. The fourth-order valence-electron chi connectivity index (χ4n) is 3.68. The summed E-state index contributed by atoms with van der Waals surface area (Å²) in [5.74, 6) is 0.950. The van der Waals surface area contributed by atoms with Crippen LogP contribution >= 0.6 is 7.56 Å². The van der Waals surface area contributed by atoms with E-state index in [1.807, 2.05) is 36.4 Å². The van der Waals surface area contributed by atoms with Crippen LogP contribution in [-0.4, -0.2) is 74.3 Å². The van der Waals surface area contributed by atoms with E-state index in [2.05, 4.69) is 34.1 Å². The number of benzene rings is 2. The highest BCUT2D eigenvalue weighted by Gasteiger charge is 2.47. The monoisotopic (exact) mass is 441 g/mol. The number of hydrogen-bond donors (Lipinski definition) is 2. The molecule has 2 fully saturated rings. The topological polar surface area (TPSA) is 102 Å². The van der Waals surface area contributed by atoms with Gasteiger partial charge in [0, 0.05) is 26.2 Å². The zero-order valence-electron chi connectivity index (χ0n) is 17.6. The highest BCUT2D eigenvalue weighted by Crippen LogP contribution is 2.60. The Morgan fingerprint density at radius 2 is 1.00 bits per heavy atom. The lowest BCUT2D eigenvalue weighted by Gasteiger charge is -2.29. The molecular weight excluding hydrogens is 411 g/mol. The first kappa shape index (κ1) is 21.6. The molecule has 0 aliphatic carbocycles. The van der Waals surface area contributed by atoms with Crippen molar-refractivity contribution in [2.24, 2.45) is 21.0 Å². The maximum Gasteiger partial charge on any atom is 0.322 e. The molecule has 2 saturated heterocycles. The molecule has 2 aliphatic heterocycles. The molecular formula is C22H30N6O2P+. The standard InChI is InChI=1S/C22H30N6O2P/c23-21(27-11-15-29-16-12-27)25-31(19-7-3-1-4-8-19,20-9-5-2-6-10-20)26-22(24)28-13-17-30-18-14-28/h1-10H,11-18H2,(H2,23,25)(H2,24,26)/q+1. The van der Waals surface area contributed by atoms with E-state index >= 15 is 0 Å². The molecule has 4 N–H and O–H groups in total. The Morgan fingerprint density at radius 3 is 1.35 bits per heavy atom.